The highest BCUT2D eigenvalue weighted by atomic mass is 79.9. The van der Waals surface area contributed by atoms with Crippen LogP contribution in [0.25, 0.3) is 0 Å². The molecule has 0 unspecified atom stereocenters. The Morgan fingerprint density at radius 1 is 1.38 bits per heavy atom. The quantitative estimate of drug-likeness (QED) is 0.424. The van der Waals surface area contributed by atoms with Crippen molar-refractivity contribution in [2.24, 2.45) is 0 Å². The summed E-state index contributed by atoms with van der Waals surface area (Å²) < 4.78 is 0. The summed E-state index contributed by atoms with van der Waals surface area (Å²) in [6.07, 6.45) is 0.406. The third-order valence-corrected chi connectivity index (χ3v) is 1.64. The Hall–Kier alpha value is -0.840. The maximum atomic E-state index is 10.9. The van der Waals surface area contributed by atoms with E-state index in [2.05, 4.69) is 33.1 Å². The van der Waals surface area contributed by atoms with Crippen molar-refractivity contribution in [2.45, 2.75) is 13.3 Å². The fourth-order valence-electron chi connectivity index (χ4n) is 0.548. The Bertz CT molecular complexity index is 216. The van der Waals surface area contributed by atoms with Crippen molar-refractivity contribution in [3.8, 4) is 0 Å². The summed E-state index contributed by atoms with van der Waals surface area (Å²) in [5, 5.41) is 5.63. The number of hydrogen-bond donors (Lipinski definition) is 2. The predicted octanol–water partition coefficient (Wildman–Crippen LogP) is 0.537. The third kappa shape index (κ3) is 6.33. The second-order valence-electron chi connectivity index (χ2n) is 2.50. The van der Waals surface area contributed by atoms with Crippen LogP contribution in [0.3, 0.4) is 0 Å². The lowest BCUT2D eigenvalue weighted by molar-refractivity contribution is -0.121. The number of alkyl halides is 1. The molecule has 0 fully saturated rings. The molecule has 0 aliphatic carbocycles. The molecule has 0 aromatic heterocycles. The first-order valence-corrected chi connectivity index (χ1v) is 4.96. The summed E-state index contributed by atoms with van der Waals surface area (Å²) in [4.78, 5) is 21.8. The van der Waals surface area contributed by atoms with E-state index in [0.29, 0.717) is 17.3 Å². The van der Waals surface area contributed by atoms with Crippen molar-refractivity contribution in [1.82, 2.24) is 10.6 Å². The van der Waals surface area contributed by atoms with Gasteiger partial charge in [0.2, 0.25) is 11.8 Å². The Kier molecular flexibility index (Phi) is 6.22. The zero-order valence-electron chi connectivity index (χ0n) is 7.52. The first-order chi connectivity index (χ1) is 6.07. The van der Waals surface area contributed by atoms with Crippen molar-refractivity contribution in [2.75, 3.05) is 12.0 Å². The van der Waals surface area contributed by atoms with E-state index in [0.717, 1.165) is 0 Å². The van der Waals surface area contributed by atoms with Crippen LogP contribution in [0.15, 0.2) is 12.2 Å². The van der Waals surface area contributed by atoms with E-state index in [-0.39, 0.29) is 18.5 Å². The Morgan fingerprint density at radius 2 is 2.00 bits per heavy atom. The highest BCUT2D eigenvalue weighted by Crippen LogP contribution is 1.86. The molecule has 13 heavy (non-hydrogen) atoms. The average Bonchev–Trinajstić information content (AvgIpc) is 2.04. The summed E-state index contributed by atoms with van der Waals surface area (Å²) in [6, 6.07) is 0. The largest absolute Gasteiger partial charge is 0.339 e. The summed E-state index contributed by atoms with van der Waals surface area (Å²) in [5.74, 6) is -0.349. The molecular formula is C8H13BrN2O2. The molecular weight excluding hydrogens is 236 g/mol. The van der Waals surface area contributed by atoms with Gasteiger partial charge in [-0.1, -0.05) is 22.5 Å². The van der Waals surface area contributed by atoms with Crippen molar-refractivity contribution in [3.63, 3.8) is 0 Å². The van der Waals surface area contributed by atoms with Crippen LogP contribution in [0.4, 0.5) is 0 Å². The van der Waals surface area contributed by atoms with Crippen LogP contribution in [0.2, 0.25) is 0 Å². The van der Waals surface area contributed by atoms with Crippen LogP contribution >= 0.6 is 15.9 Å². The van der Waals surface area contributed by atoms with E-state index >= 15 is 0 Å². The molecule has 0 radical (unpaired) electrons. The van der Waals surface area contributed by atoms with E-state index in [4.69, 9.17) is 0 Å². The Morgan fingerprint density at radius 3 is 2.46 bits per heavy atom. The Labute approximate surface area is 85.9 Å². The standard InChI is InChI=1S/C8H13BrN2O2/c1-6(2)8(13)11-5-10-7(12)3-4-9/h1,3-5H2,2H3,(H,10,12)(H,11,13). The summed E-state index contributed by atoms with van der Waals surface area (Å²) >= 11 is 3.13. The number of carbonyl (C=O) groups excluding carboxylic acids is 2. The van der Waals surface area contributed by atoms with Crippen LogP contribution in [0, 0.1) is 0 Å². The normalized spacial score (nSPS) is 9.08. The molecule has 0 aliphatic rings. The number of amides is 2. The zero-order chi connectivity index (χ0) is 10.3. The summed E-state index contributed by atoms with van der Waals surface area (Å²) in [5.41, 5.74) is 0.426. The molecule has 2 N–H and O–H groups in total. The molecule has 0 bridgehead atoms. The molecule has 0 aromatic carbocycles. The van der Waals surface area contributed by atoms with E-state index in [9.17, 15) is 9.59 Å². The molecule has 5 heteroatoms. The van der Waals surface area contributed by atoms with Gasteiger partial charge >= 0.3 is 0 Å². The van der Waals surface area contributed by atoms with E-state index < -0.39 is 0 Å². The SMILES string of the molecule is C=C(C)C(=O)NCNC(=O)CCBr. The minimum atomic E-state index is -0.251. The second kappa shape index (κ2) is 6.65. The van der Waals surface area contributed by atoms with Gasteiger partial charge in [-0.2, -0.15) is 0 Å². The smallest absolute Gasteiger partial charge is 0.247 e. The minimum absolute atomic E-state index is 0.0982. The van der Waals surface area contributed by atoms with E-state index in [1.165, 1.54) is 0 Å². The molecule has 0 aromatic rings. The number of nitrogens with one attached hydrogen (secondary N) is 2. The topological polar surface area (TPSA) is 58.2 Å². The lowest BCUT2D eigenvalue weighted by Crippen LogP contribution is -2.37. The van der Waals surface area contributed by atoms with Gasteiger partial charge in [0.05, 0.1) is 6.67 Å². The highest BCUT2D eigenvalue weighted by Gasteiger charge is 2.01. The van der Waals surface area contributed by atoms with Gasteiger partial charge in [-0.05, 0) is 6.92 Å². The van der Waals surface area contributed by atoms with Crippen LogP contribution < -0.4 is 10.6 Å². The van der Waals surface area contributed by atoms with Gasteiger partial charge in [0.1, 0.15) is 0 Å². The molecule has 0 saturated heterocycles. The van der Waals surface area contributed by atoms with Crippen molar-refractivity contribution in [3.05, 3.63) is 12.2 Å². The lowest BCUT2D eigenvalue weighted by atomic mass is 10.3. The van der Waals surface area contributed by atoms with Gasteiger partial charge in [-0.25, -0.2) is 0 Å². The maximum Gasteiger partial charge on any atom is 0.247 e. The number of carbonyl (C=O) groups is 2. The van der Waals surface area contributed by atoms with Gasteiger partial charge in [-0.3, -0.25) is 9.59 Å². The summed E-state index contributed by atoms with van der Waals surface area (Å²) in [7, 11) is 0. The first-order valence-electron chi connectivity index (χ1n) is 3.84. The fourth-order valence-corrected chi connectivity index (χ4v) is 0.908. The number of rotatable bonds is 5. The predicted molar refractivity (Wildman–Crippen MR) is 54.4 cm³/mol. The molecule has 0 aliphatic heterocycles. The highest BCUT2D eigenvalue weighted by molar-refractivity contribution is 9.09. The van der Waals surface area contributed by atoms with Crippen LogP contribution in [0.5, 0.6) is 0 Å². The minimum Gasteiger partial charge on any atom is -0.339 e. The first kappa shape index (κ1) is 12.2. The molecule has 0 saturated carbocycles. The van der Waals surface area contributed by atoms with Crippen molar-refractivity contribution < 1.29 is 9.59 Å². The van der Waals surface area contributed by atoms with E-state index in [1.54, 1.807) is 6.92 Å². The second-order valence-corrected chi connectivity index (χ2v) is 3.29. The Balaban J connectivity index is 3.50. The van der Waals surface area contributed by atoms with Gasteiger partial charge in [0.25, 0.3) is 0 Å². The number of halogens is 1. The fraction of sp³-hybridized carbons (Fsp3) is 0.500. The molecule has 0 atom stereocenters. The molecule has 0 heterocycles. The molecule has 4 nitrogen and oxygen atoms in total. The van der Waals surface area contributed by atoms with Crippen LogP contribution in [-0.2, 0) is 9.59 Å². The third-order valence-electron chi connectivity index (χ3n) is 1.24. The van der Waals surface area contributed by atoms with E-state index in [1.807, 2.05) is 0 Å². The van der Waals surface area contributed by atoms with Crippen LogP contribution in [0.1, 0.15) is 13.3 Å². The average molecular weight is 249 g/mol. The molecule has 74 valence electrons. The molecule has 0 spiro atoms. The van der Waals surface area contributed by atoms with Gasteiger partial charge in [-0.15, -0.1) is 0 Å². The van der Waals surface area contributed by atoms with Gasteiger partial charge < -0.3 is 10.6 Å². The van der Waals surface area contributed by atoms with Gasteiger partial charge in [0.15, 0.2) is 0 Å². The number of hydrogen-bond acceptors (Lipinski definition) is 2. The molecule has 0 rings (SSSR count). The van der Waals surface area contributed by atoms with Crippen LogP contribution in [-0.4, -0.2) is 23.8 Å². The van der Waals surface area contributed by atoms with Crippen molar-refractivity contribution >= 4 is 27.7 Å². The lowest BCUT2D eigenvalue weighted by Gasteiger charge is -2.05. The monoisotopic (exact) mass is 248 g/mol. The molecule has 2 amide bonds. The van der Waals surface area contributed by atoms with Gasteiger partial charge in [0, 0.05) is 17.3 Å². The maximum absolute atomic E-state index is 10.9. The zero-order valence-corrected chi connectivity index (χ0v) is 9.11. The summed E-state index contributed by atoms with van der Waals surface area (Å²) in [6.45, 7) is 5.21. The van der Waals surface area contributed by atoms with Crippen molar-refractivity contribution in [1.29, 1.82) is 0 Å².